The number of benzene rings is 1. The molecule has 4 rings (SSSR count). The number of piperidine rings is 1. The van der Waals surface area contributed by atoms with E-state index in [0.29, 0.717) is 6.04 Å². The Morgan fingerprint density at radius 2 is 2.12 bits per heavy atom. The monoisotopic (exact) mass is 319 g/mol. The molecule has 24 heavy (non-hydrogen) atoms. The highest BCUT2D eigenvalue weighted by Gasteiger charge is 2.21. The van der Waals surface area contributed by atoms with E-state index in [1.54, 1.807) is 6.08 Å². The lowest BCUT2D eigenvalue weighted by Gasteiger charge is -2.32. The van der Waals surface area contributed by atoms with E-state index >= 15 is 0 Å². The molecule has 1 aliphatic heterocycles. The number of H-pyrrole nitrogens is 1. The van der Waals surface area contributed by atoms with Gasteiger partial charge in [0.15, 0.2) is 0 Å². The maximum absolute atomic E-state index is 12.4. The molecule has 1 N–H and O–H groups in total. The molecule has 4 heteroatoms. The van der Waals surface area contributed by atoms with Gasteiger partial charge in [-0.25, -0.2) is 0 Å². The van der Waals surface area contributed by atoms with Crippen LogP contribution >= 0.6 is 0 Å². The Kier molecular flexibility index (Phi) is 3.81. The maximum Gasteiger partial charge on any atom is 0.246 e. The zero-order valence-electron chi connectivity index (χ0n) is 13.8. The third kappa shape index (κ3) is 2.68. The molecular weight excluding hydrogens is 298 g/mol. The average Bonchev–Trinajstić information content (AvgIpc) is 2.98. The van der Waals surface area contributed by atoms with Gasteiger partial charge in [0.05, 0.1) is 17.4 Å². The van der Waals surface area contributed by atoms with Gasteiger partial charge in [-0.05, 0) is 44.4 Å². The smallest absolute Gasteiger partial charge is 0.246 e. The van der Waals surface area contributed by atoms with Gasteiger partial charge in [0.2, 0.25) is 5.91 Å². The predicted octanol–water partition coefficient (Wildman–Crippen LogP) is 4.13. The lowest BCUT2D eigenvalue weighted by molar-refractivity contribution is -0.129. The number of aromatic nitrogens is 2. The first kappa shape index (κ1) is 14.9. The minimum Gasteiger partial charge on any atom is -0.353 e. The molecule has 3 heterocycles. The minimum atomic E-state index is 0.0861. The zero-order valence-corrected chi connectivity index (χ0v) is 13.8. The lowest BCUT2D eigenvalue weighted by Crippen LogP contribution is -2.41. The number of carbonyl (C=O) groups is 1. The molecule has 1 fully saturated rings. The lowest BCUT2D eigenvalue weighted by atomic mass is 10.0. The Morgan fingerprint density at radius 1 is 1.25 bits per heavy atom. The number of fused-ring (bicyclic) bond motifs is 3. The van der Waals surface area contributed by atoms with Crippen molar-refractivity contribution in [2.75, 3.05) is 6.54 Å². The summed E-state index contributed by atoms with van der Waals surface area (Å²) in [5, 5.41) is 2.32. The fraction of sp³-hybridized carbons (Fsp3) is 0.300. The fourth-order valence-corrected chi connectivity index (χ4v) is 3.54. The van der Waals surface area contributed by atoms with E-state index in [-0.39, 0.29) is 5.91 Å². The van der Waals surface area contributed by atoms with Crippen molar-refractivity contribution >= 4 is 33.8 Å². The summed E-state index contributed by atoms with van der Waals surface area (Å²) in [5.41, 5.74) is 2.93. The summed E-state index contributed by atoms with van der Waals surface area (Å²) in [4.78, 5) is 22.2. The van der Waals surface area contributed by atoms with Crippen molar-refractivity contribution < 1.29 is 4.79 Å². The number of hydrogen-bond donors (Lipinski definition) is 1. The van der Waals surface area contributed by atoms with Crippen LogP contribution in [0.3, 0.4) is 0 Å². The topological polar surface area (TPSA) is 49.0 Å². The van der Waals surface area contributed by atoms with Crippen molar-refractivity contribution in [2.24, 2.45) is 0 Å². The van der Waals surface area contributed by atoms with Gasteiger partial charge >= 0.3 is 0 Å². The third-order valence-corrected chi connectivity index (χ3v) is 4.89. The van der Waals surface area contributed by atoms with Gasteiger partial charge in [-0.2, -0.15) is 0 Å². The van der Waals surface area contributed by atoms with Crippen molar-refractivity contribution in [3.8, 4) is 0 Å². The quantitative estimate of drug-likeness (QED) is 0.722. The molecule has 4 nitrogen and oxygen atoms in total. The molecule has 1 aromatic carbocycles. The molecule has 122 valence electrons. The second-order valence-electron chi connectivity index (χ2n) is 6.54. The maximum atomic E-state index is 12.4. The van der Waals surface area contributed by atoms with Crippen LogP contribution in [0.15, 0.2) is 42.6 Å². The van der Waals surface area contributed by atoms with Crippen molar-refractivity contribution in [2.45, 2.75) is 32.2 Å². The van der Waals surface area contributed by atoms with Crippen LogP contribution in [0.25, 0.3) is 27.9 Å². The first-order chi connectivity index (χ1) is 11.7. The Bertz CT molecular complexity index is 925. The molecular formula is C20H21N3O. The number of para-hydroxylation sites is 1. The highest BCUT2D eigenvalue weighted by atomic mass is 16.2. The molecule has 3 aromatic rings. The number of nitrogens with zero attached hydrogens (tertiary/aromatic N) is 2. The third-order valence-electron chi connectivity index (χ3n) is 4.89. The van der Waals surface area contributed by atoms with Crippen LogP contribution in [0.1, 0.15) is 31.9 Å². The summed E-state index contributed by atoms with van der Waals surface area (Å²) in [5.74, 6) is 0.0861. The van der Waals surface area contributed by atoms with Crippen LogP contribution in [0.5, 0.6) is 0 Å². The second kappa shape index (κ2) is 6.11. The van der Waals surface area contributed by atoms with Gasteiger partial charge in [-0.3, -0.25) is 9.78 Å². The summed E-state index contributed by atoms with van der Waals surface area (Å²) in [7, 11) is 0. The van der Waals surface area contributed by atoms with Crippen molar-refractivity contribution in [1.82, 2.24) is 14.9 Å². The summed E-state index contributed by atoms with van der Waals surface area (Å²) in [6.45, 7) is 2.99. The number of pyridine rings is 1. The molecule has 0 bridgehead atoms. The van der Waals surface area contributed by atoms with Crippen molar-refractivity contribution in [1.29, 1.82) is 0 Å². The number of rotatable bonds is 2. The van der Waals surface area contributed by atoms with Gasteiger partial charge in [0.25, 0.3) is 0 Å². The SMILES string of the molecule is CC1CCCCN1C(=O)/C=C/c1cc2c(cn1)[nH]c1ccccc12. The van der Waals surface area contributed by atoms with Crippen molar-refractivity contribution in [3.05, 3.63) is 48.3 Å². The summed E-state index contributed by atoms with van der Waals surface area (Å²) < 4.78 is 0. The molecule has 1 aliphatic rings. The zero-order chi connectivity index (χ0) is 16.5. The molecule has 2 aromatic heterocycles. The molecule has 0 radical (unpaired) electrons. The van der Waals surface area contributed by atoms with Crippen LogP contribution in [0.4, 0.5) is 0 Å². The Hall–Kier alpha value is -2.62. The number of amides is 1. The predicted molar refractivity (Wildman–Crippen MR) is 97.7 cm³/mol. The number of hydrogen-bond acceptors (Lipinski definition) is 2. The van der Waals surface area contributed by atoms with E-state index in [2.05, 4.69) is 29.0 Å². The van der Waals surface area contributed by atoms with Crippen LogP contribution in [-0.4, -0.2) is 33.4 Å². The van der Waals surface area contributed by atoms with E-state index in [1.165, 1.54) is 11.8 Å². The highest BCUT2D eigenvalue weighted by Crippen LogP contribution is 2.25. The van der Waals surface area contributed by atoms with Crippen LogP contribution in [0.2, 0.25) is 0 Å². The molecule has 1 unspecified atom stereocenters. The molecule has 1 saturated heterocycles. The van der Waals surface area contributed by atoms with Crippen molar-refractivity contribution in [3.63, 3.8) is 0 Å². The fourth-order valence-electron chi connectivity index (χ4n) is 3.54. The number of aromatic amines is 1. The number of carbonyl (C=O) groups excluding carboxylic acids is 1. The van der Waals surface area contributed by atoms with E-state index < -0.39 is 0 Å². The largest absolute Gasteiger partial charge is 0.353 e. The normalized spacial score (nSPS) is 18.7. The van der Waals surface area contributed by atoms with Gasteiger partial charge in [0.1, 0.15) is 0 Å². The van der Waals surface area contributed by atoms with E-state index in [9.17, 15) is 4.79 Å². The molecule has 0 saturated carbocycles. The van der Waals surface area contributed by atoms with Crippen LogP contribution in [-0.2, 0) is 4.79 Å². The molecule has 0 aliphatic carbocycles. The number of nitrogens with one attached hydrogen (secondary N) is 1. The minimum absolute atomic E-state index is 0.0861. The summed E-state index contributed by atoms with van der Waals surface area (Å²) >= 11 is 0. The Labute approximate surface area is 141 Å². The highest BCUT2D eigenvalue weighted by molar-refractivity contribution is 6.07. The van der Waals surface area contributed by atoms with Gasteiger partial charge in [-0.15, -0.1) is 0 Å². The molecule has 1 amide bonds. The Morgan fingerprint density at radius 3 is 3.00 bits per heavy atom. The molecule has 1 atom stereocenters. The average molecular weight is 319 g/mol. The van der Waals surface area contributed by atoms with Gasteiger partial charge in [-0.1, -0.05) is 18.2 Å². The van der Waals surface area contributed by atoms with E-state index in [4.69, 9.17) is 0 Å². The number of likely N-dealkylation sites (tertiary alicyclic amines) is 1. The Balaban J connectivity index is 1.62. The van der Waals surface area contributed by atoms with E-state index in [0.717, 1.165) is 41.5 Å². The summed E-state index contributed by atoms with van der Waals surface area (Å²) in [6, 6.07) is 10.6. The second-order valence-corrected chi connectivity index (χ2v) is 6.54. The summed E-state index contributed by atoms with van der Waals surface area (Å²) in [6.07, 6.45) is 8.73. The van der Waals surface area contributed by atoms with Gasteiger partial charge < -0.3 is 9.88 Å². The first-order valence-electron chi connectivity index (χ1n) is 8.57. The molecule has 0 spiro atoms. The van der Waals surface area contributed by atoms with Gasteiger partial charge in [0, 0.05) is 35.0 Å². The standard InChI is InChI=1S/C20H21N3O/c1-14-6-4-5-11-23(14)20(24)10-9-15-12-17-16-7-2-3-8-18(16)22-19(17)13-21-15/h2-3,7-10,12-14,22H,4-6,11H2,1H3/b10-9+. The van der Waals surface area contributed by atoms with Crippen LogP contribution in [0, 0.1) is 0 Å². The van der Waals surface area contributed by atoms with E-state index in [1.807, 2.05) is 35.4 Å². The van der Waals surface area contributed by atoms with Crippen LogP contribution < -0.4 is 0 Å². The first-order valence-corrected chi connectivity index (χ1v) is 8.57.